The second-order valence-corrected chi connectivity index (χ2v) is 7.58. The Labute approximate surface area is 151 Å². The summed E-state index contributed by atoms with van der Waals surface area (Å²) < 4.78 is 0. The summed E-state index contributed by atoms with van der Waals surface area (Å²) in [5.41, 5.74) is 0.866. The molecule has 6 heteroatoms. The van der Waals surface area contributed by atoms with Crippen LogP contribution in [0.1, 0.15) is 35.9 Å². The summed E-state index contributed by atoms with van der Waals surface area (Å²) in [5, 5.41) is 4.43. The Bertz CT molecular complexity index is 703. The molecule has 0 radical (unpaired) electrons. The lowest BCUT2D eigenvalue weighted by molar-refractivity contribution is 0.0942. The predicted octanol–water partition coefficient (Wildman–Crippen LogP) is 4.07. The highest BCUT2D eigenvalue weighted by Gasteiger charge is 2.18. The molecule has 128 valence electrons. The monoisotopic (exact) mass is 363 g/mol. The summed E-state index contributed by atoms with van der Waals surface area (Å²) in [7, 11) is 0. The zero-order valence-corrected chi connectivity index (χ0v) is 15.4. The Balaban J connectivity index is 1.55. The van der Waals surface area contributed by atoms with Crippen molar-refractivity contribution in [1.29, 1.82) is 0 Å². The highest BCUT2D eigenvalue weighted by atomic mass is 35.5. The van der Waals surface area contributed by atoms with Gasteiger partial charge in [-0.05, 0) is 32.4 Å². The number of aromatic nitrogens is 1. The topological polar surface area (TPSA) is 45.2 Å². The number of benzene rings is 1. The molecule has 0 bridgehead atoms. The van der Waals surface area contributed by atoms with E-state index < -0.39 is 0 Å². The first kappa shape index (κ1) is 17.4. The van der Waals surface area contributed by atoms with Gasteiger partial charge in [-0.15, -0.1) is 11.3 Å². The summed E-state index contributed by atoms with van der Waals surface area (Å²) in [6.45, 7) is 4.97. The highest BCUT2D eigenvalue weighted by Crippen LogP contribution is 2.30. The maximum Gasteiger partial charge on any atom is 0.263 e. The first-order valence-electron chi connectivity index (χ1n) is 8.38. The van der Waals surface area contributed by atoms with E-state index in [4.69, 9.17) is 11.6 Å². The number of hydrogen-bond acceptors (Lipinski definition) is 4. The number of nitrogens with one attached hydrogen (secondary N) is 1. The molecule has 24 heavy (non-hydrogen) atoms. The van der Waals surface area contributed by atoms with Crippen LogP contribution in [0.15, 0.2) is 30.5 Å². The van der Waals surface area contributed by atoms with Crippen molar-refractivity contribution < 1.29 is 4.79 Å². The van der Waals surface area contributed by atoms with Crippen molar-refractivity contribution in [2.24, 2.45) is 0 Å². The van der Waals surface area contributed by atoms with E-state index in [9.17, 15) is 4.79 Å². The molecule has 3 rings (SSSR count). The predicted molar refractivity (Wildman–Crippen MR) is 99.8 cm³/mol. The molecule has 1 amide bonds. The standard InChI is InChI=1S/C18H22ClN3OS/c1-13-6-4-5-10-22(13)11-9-20-17(23)16-12-21-18(24-16)14-7-2-3-8-15(14)19/h2-3,7-8,12-13H,4-6,9-11H2,1H3,(H,20,23). The smallest absolute Gasteiger partial charge is 0.263 e. The van der Waals surface area contributed by atoms with Gasteiger partial charge in [0.15, 0.2) is 0 Å². The molecule has 1 fully saturated rings. The van der Waals surface area contributed by atoms with Crippen LogP contribution >= 0.6 is 22.9 Å². The summed E-state index contributed by atoms with van der Waals surface area (Å²) >= 11 is 7.57. The second kappa shape index (κ2) is 8.10. The Morgan fingerprint density at radius 2 is 2.25 bits per heavy atom. The lowest BCUT2D eigenvalue weighted by Crippen LogP contribution is -2.42. The maximum absolute atomic E-state index is 12.3. The zero-order chi connectivity index (χ0) is 16.9. The minimum atomic E-state index is -0.0598. The molecule has 1 N–H and O–H groups in total. The maximum atomic E-state index is 12.3. The van der Waals surface area contributed by atoms with E-state index in [0.717, 1.165) is 23.7 Å². The number of carbonyl (C=O) groups is 1. The van der Waals surface area contributed by atoms with E-state index >= 15 is 0 Å². The van der Waals surface area contributed by atoms with Gasteiger partial charge in [0.1, 0.15) is 9.88 Å². The number of nitrogens with zero attached hydrogens (tertiary/aromatic N) is 2. The molecular weight excluding hydrogens is 342 g/mol. The Morgan fingerprint density at radius 3 is 3.04 bits per heavy atom. The van der Waals surface area contributed by atoms with Crippen LogP contribution in [-0.2, 0) is 0 Å². The number of amides is 1. The Kier molecular flexibility index (Phi) is 5.87. The lowest BCUT2D eigenvalue weighted by Gasteiger charge is -2.33. The van der Waals surface area contributed by atoms with Crippen LogP contribution in [0.5, 0.6) is 0 Å². The highest BCUT2D eigenvalue weighted by molar-refractivity contribution is 7.17. The van der Waals surface area contributed by atoms with Crippen molar-refractivity contribution in [2.45, 2.75) is 32.2 Å². The molecule has 1 aromatic carbocycles. The minimum Gasteiger partial charge on any atom is -0.350 e. The van der Waals surface area contributed by atoms with Gasteiger partial charge < -0.3 is 5.32 Å². The molecular formula is C18H22ClN3OS. The summed E-state index contributed by atoms with van der Waals surface area (Å²) in [6.07, 6.45) is 5.45. The quantitative estimate of drug-likeness (QED) is 0.871. The van der Waals surface area contributed by atoms with Crippen LogP contribution in [-0.4, -0.2) is 41.5 Å². The van der Waals surface area contributed by atoms with Crippen LogP contribution in [0.25, 0.3) is 10.6 Å². The average molecular weight is 364 g/mol. The van der Waals surface area contributed by atoms with E-state index in [1.807, 2.05) is 24.3 Å². The van der Waals surface area contributed by atoms with Gasteiger partial charge in [-0.2, -0.15) is 0 Å². The molecule has 1 aliphatic rings. The van der Waals surface area contributed by atoms with E-state index in [0.29, 0.717) is 22.5 Å². The van der Waals surface area contributed by atoms with Gasteiger partial charge in [-0.25, -0.2) is 4.98 Å². The third kappa shape index (κ3) is 4.15. The zero-order valence-electron chi connectivity index (χ0n) is 13.8. The molecule has 0 saturated carbocycles. The lowest BCUT2D eigenvalue weighted by atomic mass is 10.0. The SMILES string of the molecule is CC1CCCCN1CCNC(=O)c1cnc(-c2ccccc2Cl)s1. The van der Waals surface area contributed by atoms with Crippen molar-refractivity contribution in [3.8, 4) is 10.6 Å². The van der Waals surface area contributed by atoms with Crippen LogP contribution < -0.4 is 5.32 Å². The van der Waals surface area contributed by atoms with Gasteiger partial charge in [0.2, 0.25) is 0 Å². The molecule has 2 aromatic rings. The third-order valence-corrected chi connectivity index (χ3v) is 5.82. The largest absolute Gasteiger partial charge is 0.350 e. The normalized spacial score (nSPS) is 18.5. The molecule has 1 aromatic heterocycles. The number of rotatable bonds is 5. The van der Waals surface area contributed by atoms with Crippen LogP contribution in [0.3, 0.4) is 0 Å². The van der Waals surface area contributed by atoms with Crippen molar-refractivity contribution in [2.75, 3.05) is 19.6 Å². The van der Waals surface area contributed by atoms with Crippen molar-refractivity contribution in [3.05, 3.63) is 40.4 Å². The number of halogens is 1. The first-order valence-corrected chi connectivity index (χ1v) is 9.57. The molecule has 4 nitrogen and oxygen atoms in total. The van der Waals surface area contributed by atoms with Crippen molar-refractivity contribution >= 4 is 28.8 Å². The van der Waals surface area contributed by atoms with Crippen LogP contribution in [0.2, 0.25) is 5.02 Å². The molecule has 0 aliphatic carbocycles. The summed E-state index contributed by atoms with van der Waals surface area (Å²) in [4.78, 5) is 19.7. The number of hydrogen-bond donors (Lipinski definition) is 1. The Morgan fingerprint density at radius 1 is 1.42 bits per heavy atom. The van der Waals surface area contributed by atoms with Crippen LogP contribution in [0, 0.1) is 0 Å². The first-order chi connectivity index (χ1) is 11.6. The van der Waals surface area contributed by atoms with Gasteiger partial charge in [0, 0.05) is 24.7 Å². The van der Waals surface area contributed by atoms with Gasteiger partial charge in [-0.1, -0.05) is 36.2 Å². The van der Waals surface area contributed by atoms with E-state index in [1.165, 1.54) is 30.6 Å². The number of likely N-dealkylation sites (tertiary alicyclic amines) is 1. The molecule has 1 aliphatic heterocycles. The molecule has 1 unspecified atom stereocenters. The molecule has 2 heterocycles. The van der Waals surface area contributed by atoms with E-state index in [2.05, 4.69) is 22.1 Å². The number of thiazole rings is 1. The third-order valence-electron chi connectivity index (χ3n) is 4.46. The second-order valence-electron chi connectivity index (χ2n) is 6.15. The summed E-state index contributed by atoms with van der Waals surface area (Å²) in [5.74, 6) is -0.0598. The minimum absolute atomic E-state index is 0.0598. The van der Waals surface area contributed by atoms with Crippen molar-refractivity contribution in [3.63, 3.8) is 0 Å². The Hall–Kier alpha value is -1.43. The number of carbonyl (C=O) groups excluding carboxylic acids is 1. The fourth-order valence-corrected chi connectivity index (χ4v) is 4.18. The van der Waals surface area contributed by atoms with Gasteiger partial charge in [0.25, 0.3) is 5.91 Å². The average Bonchev–Trinajstić information content (AvgIpc) is 3.07. The van der Waals surface area contributed by atoms with E-state index in [1.54, 1.807) is 6.20 Å². The summed E-state index contributed by atoms with van der Waals surface area (Å²) in [6, 6.07) is 8.17. The van der Waals surface area contributed by atoms with E-state index in [-0.39, 0.29) is 5.91 Å². The molecule has 0 spiro atoms. The van der Waals surface area contributed by atoms with Gasteiger partial charge in [0.05, 0.1) is 11.2 Å². The van der Waals surface area contributed by atoms with Gasteiger partial charge >= 0.3 is 0 Å². The molecule has 1 saturated heterocycles. The van der Waals surface area contributed by atoms with Crippen LogP contribution in [0.4, 0.5) is 0 Å². The van der Waals surface area contributed by atoms with Crippen molar-refractivity contribution in [1.82, 2.24) is 15.2 Å². The van der Waals surface area contributed by atoms with Gasteiger partial charge in [-0.3, -0.25) is 9.69 Å². The fourth-order valence-electron chi connectivity index (χ4n) is 3.03. The molecule has 1 atom stereocenters. The number of piperidine rings is 1. The fraction of sp³-hybridized carbons (Fsp3) is 0.444.